The Kier molecular flexibility index (Phi) is 6.79. The minimum Gasteiger partial charge on any atom is -0.475 e. The fourth-order valence-electron chi connectivity index (χ4n) is 2.05. The van der Waals surface area contributed by atoms with Crippen molar-refractivity contribution < 1.29 is 13.9 Å². The van der Waals surface area contributed by atoms with Crippen molar-refractivity contribution in [3.05, 3.63) is 21.3 Å². The van der Waals surface area contributed by atoms with Crippen LogP contribution in [0.2, 0.25) is 5.15 Å². The number of fused-ring (bicyclic) bond motifs is 1. The highest BCUT2D eigenvalue weighted by atomic mass is 35.5. The van der Waals surface area contributed by atoms with Crippen LogP contribution in [0, 0.1) is 5.82 Å². The molecule has 0 aliphatic rings. The van der Waals surface area contributed by atoms with Crippen LogP contribution in [0.4, 0.5) is 4.39 Å². The zero-order valence-corrected chi connectivity index (χ0v) is 15.1. The van der Waals surface area contributed by atoms with Gasteiger partial charge in [0.2, 0.25) is 5.88 Å². The Balaban J connectivity index is 2.40. The molecular weight excluding hydrogens is 359 g/mol. The molecule has 7 nitrogen and oxygen atoms in total. The number of H-pyrrole nitrogens is 1. The van der Waals surface area contributed by atoms with Crippen LogP contribution in [-0.4, -0.2) is 54.6 Å². The average Bonchev–Trinajstić information content (AvgIpc) is 2.58. The summed E-state index contributed by atoms with van der Waals surface area (Å²) < 4.78 is 24.8. The van der Waals surface area contributed by atoms with Crippen molar-refractivity contribution in [2.45, 2.75) is 17.6 Å². The lowest BCUT2D eigenvalue weighted by Crippen LogP contribution is -2.33. The van der Waals surface area contributed by atoms with Gasteiger partial charge in [-0.15, -0.1) is 0 Å². The van der Waals surface area contributed by atoms with E-state index in [-0.39, 0.29) is 39.7 Å². The molecule has 0 saturated carbocycles. The molecule has 0 unspecified atom stereocenters. The standard InChI is InChI=1S/C14H18ClFN4O3S/c1-17-7(4-5-22-2)6-23-13-8-10(9(16)11(15)19-13)18-14(24-3)20-12(8)21/h7,17H,4-6H2,1-3H3,(H,18,20,21)/t7-/m0/s1. The van der Waals surface area contributed by atoms with Gasteiger partial charge < -0.3 is 19.8 Å². The fourth-order valence-corrected chi connectivity index (χ4v) is 2.60. The third-order valence-electron chi connectivity index (χ3n) is 3.39. The molecule has 0 radical (unpaired) electrons. The molecule has 0 fully saturated rings. The molecule has 10 heteroatoms. The molecule has 2 aromatic rings. The van der Waals surface area contributed by atoms with E-state index in [1.54, 1.807) is 20.4 Å². The van der Waals surface area contributed by atoms with E-state index in [1.807, 2.05) is 0 Å². The van der Waals surface area contributed by atoms with E-state index >= 15 is 0 Å². The lowest BCUT2D eigenvalue weighted by molar-refractivity contribution is 0.167. The topological polar surface area (TPSA) is 89.1 Å². The van der Waals surface area contributed by atoms with Gasteiger partial charge in [0.15, 0.2) is 16.1 Å². The molecule has 2 N–H and O–H groups in total. The number of likely N-dealkylation sites (N-methyl/N-ethyl adjacent to an activating group) is 1. The van der Waals surface area contributed by atoms with E-state index in [9.17, 15) is 9.18 Å². The highest BCUT2D eigenvalue weighted by Gasteiger charge is 2.20. The van der Waals surface area contributed by atoms with Crippen LogP contribution in [0.1, 0.15) is 6.42 Å². The van der Waals surface area contributed by atoms with Crippen molar-refractivity contribution in [3.63, 3.8) is 0 Å². The molecule has 0 bridgehead atoms. The van der Waals surface area contributed by atoms with Gasteiger partial charge in [-0.25, -0.2) is 9.37 Å². The number of hydrogen-bond acceptors (Lipinski definition) is 7. The average molecular weight is 377 g/mol. The SMILES string of the molecule is CN[C@@H](CCOC)COc1nc(Cl)c(F)c2nc(SC)[nH]c(=O)c12. The Bertz CT molecular complexity index is 774. The molecule has 132 valence electrons. The predicted molar refractivity (Wildman–Crippen MR) is 91.7 cm³/mol. The van der Waals surface area contributed by atoms with Gasteiger partial charge in [-0.2, -0.15) is 4.98 Å². The first kappa shape index (κ1) is 18.9. The van der Waals surface area contributed by atoms with Gasteiger partial charge in [-0.3, -0.25) is 4.79 Å². The second kappa shape index (κ2) is 8.61. The normalized spacial score (nSPS) is 12.5. The van der Waals surface area contributed by atoms with Gasteiger partial charge in [-0.1, -0.05) is 23.4 Å². The molecule has 24 heavy (non-hydrogen) atoms. The van der Waals surface area contributed by atoms with Crippen LogP contribution >= 0.6 is 23.4 Å². The molecule has 0 aliphatic heterocycles. The number of methoxy groups -OCH3 is 1. The Morgan fingerprint density at radius 1 is 1.46 bits per heavy atom. The largest absolute Gasteiger partial charge is 0.475 e. The van der Waals surface area contributed by atoms with Crippen LogP contribution in [0.5, 0.6) is 5.88 Å². The summed E-state index contributed by atoms with van der Waals surface area (Å²) in [5, 5.41) is 2.91. The summed E-state index contributed by atoms with van der Waals surface area (Å²) in [6.45, 7) is 0.764. The first-order valence-electron chi connectivity index (χ1n) is 7.13. The molecule has 0 aliphatic carbocycles. The fraction of sp³-hybridized carbons (Fsp3) is 0.500. The van der Waals surface area contributed by atoms with Crippen molar-refractivity contribution in [3.8, 4) is 5.88 Å². The monoisotopic (exact) mass is 376 g/mol. The van der Waals surface area contributed by atoms with Crippen LogP contribution in [0.25, 0.3) is 10.9 Å². The van der Waals surface area contributed by atoms with Crippen LogP contribution in [0.3, 0.4) is 0 Å². The Labute approximate surface area is 147 Å². The van der Waals surface area contributed by atoms with Gasteiger partial charge in [0.25, 0.3) is 5.56 Å². The van der Waals surface area contributed by atoms with Crippen molar-refractivity contribution >= 4 is 34.3 Å². The highest BCUT2D eigenvalue weighted by molar-refractivity contribution is 7.98. The number of rotatable bonds is 8. The summed E-state index contributed by atoms with van der Waals surface area (Å²) in [5.41, 5.74) is -0.684. The minimum atomic E-state index is -0.843. The highest BCUT2D eigenvalue weighted by Crippen LogP contribution is 2.27. The Morgan fingerprint density at radius 3 is 2.83 bits per heavy atom. The summed E-state index contributed by atoms with van der Waals surface area (Å²) in [5.74, 6) is -0.888. The first-order valence-corrected chi connectivity index (χ1v) is 8.74. The summed E-state index contributed by atoms with van der Waals surface area (Å²) in [7, 11) is 3.39. The summed E-state index contributed by atoms with van der Waals surface area (Å²) in [6, 6.07) is -0.0249. The molecule has 2 heterocycles. The Hall–Kier alpha value is -1.42. The first-order chi connectivity index (χ1) is 11.5. The van der Waals surface area contributed by atoms with E-state index < -0.39 is 11.4 Å². The molecule has 0 aromatic carbocycles. The van der Waals surface area contributed by atoms with Crippen LogP contribution in [0.15, 0.2) is 9.95 Å². The van der Waals surface area contributed by atoms with Gasteiger partial charge in [0, 0.05) is 19.8 Å². The van der Waals surface area contributed by atoms with Gasteiger partial charge >= 0.3 is 0 Å². The Morgan fingerprint density at radius 2 is 2.21 bits per heavy atom. The van der Waals surface area contributed by atoms with Gasteiger partial charge in [-0.05, 0) is 19.7 Å². The zero-order chi connectivity index (χ0) is 17.7. The quantitative estimate of drug-likeness (QED) is 0.412. The zero-order valence-electron chi connectivity index (χ0n) is 13.5. The molecule has 1 atom stereocenters. The van der Waals surface area contributed by atoms with E-state index in [4.69, 9.17) is 21.1 Å². The number of nitrogens with zero attached hydrogens (tertiary/aromatic N) is 2. The van der Waals surface area contributed by atoms with Gasteiger partial charge in [0.05, 0.1) is 0 Å². The minimum absolute atomic E-state index is 0.0249. The molecule has 0 amide bonds. The van der Waals surface area contributed by atoms with E-state index in [0.717, 1.165) is 0 Å². The number of aromatic amines is 1. The second-order valence-electron chi connectivity index (χ2n) is 4.90. The lowest BCUT2D eigenvalue weighted by atomic mass is 10.2. The number of aromatic nitrogens is 3. The maximum Gasteiger partial charge on any atom is 0.265 e. The van der Waals surface area contributed by atoms with E-state index in [2.05, 4.69) is 20.3 Å². The number of nitrogens with one attached hydrogen (secondary N) is 2. The van der Waals surface area contributed by atoms with E-state index in [0.29, 0.717) is 13.0 Å². The van der Waals surface area contributed by atoms with Crippen molar-refractivity contribution in [2.24, 2.45) is 0 Å². The maximum absolute atomic E-state index is 14.2. The summed E-state index contributed by atoms with van der Waals surface area (Å²) >= 11 is 7.00. The molecular formula is C14H18ClFN4O3S. The number of pyridine rings is 1. The molecule has 2 rings (SSSR count). The lowest BCUT2D eigenvalue weighted by Gasteiger charge is -2.17. The van der Waals surface area contributed by atoms with Crippen LogP contribution < -0.4 is 15.6 Å². The van der Waals surface area contributed by atoms with E-state index in [1.165, 1.54) is 11.8 Å². The molecule has 0 spiro atoms. The number of hydrogen-bond donors (Lipinski definition) is 2. The third-order valence-corrected chi connectivity index (χ3v) is 4.22. The van der Waals surface area contributed by atoms with Crippen molar-refractivity contribution in [2.75, 3.05) is 33.6 Å². The van der Waals surface area contributed by atoms with Crippen molar-refractivity contribution in [1.29, 1.82) is 0 Å². The number of thioether (sulfide) groups is 1. The number of halogens is 2. The van der Waals surface area contributed by atoms with Gasteiger partial charge in [0.1, 0.15) is 17.5 Å². The third kappa shape index (κ3) is 4.15. The van der Waals surface area contributed by atoms with Crippen LogP contribution in [-0.2, 0) is 4.74 Å². The van der Waals surface area contributed by atoms with Crippen molar-refractivity contribution in [1.82, 2.24) is 20.3 Å². The molecule has 0 saturated heterocycles. The summed E-state index contributed by atoms with van der Waals surface area (Å²) in [4.78, 5) is 22.7. The maximum atomic E-state index is 14.2. The predicted octanol–water partition coefficient (Wildman–Crippen LogP) is 1.84. The number of ether oxygens (including phenoxy) is 2. The summed E-state index contributed by atoms with van der Waals surface area (Å²) in [6.07, 6.45) is 2.42. The second-order valence-corrected chi connectivity index (χ2v) is 6.05. The smallest absolute Gasteiger partial charge is 0.265 e. The molecule has 2 aromatic heterocycles.